The standard InChI is InChI=1S/C54H32N8/c1-3-15-33(16-4-1)59-43-23-11-7-19-35(43)39-29-49-41(27-47(39)59)37-21-9-13-25-45(37)61(49)51-31-55-54-53(57-51)56-32-52(58-54)62-46-26-14-10-22-38(46)42-28-48-40(30-50(42)62)36-20-8-12-24-44(36)60(48)34-17-5-2-6-18-34/h1-32H. The Morgan fingerprint density at radius 3 is 0.903 bits per heavy atom. The molecule has 0 atom stereocenters. The highest BCUT2D eigenvalue weighted by molar-refractivity contribution is 6.20. The Hall–Kier alpha value is -8.62. The van der Waals surface area contributed by atoms with Crippen LogP contribution in [-0.2, 0) is 0 Å². The first-order chi connectivity index (χ1) is 30.8. The first-order valence-electron chi connectivity index (χ1n) is 20.8. The number of nitrogens with zero attached hydrogens (tertiary/aromatic N) is 8. The maximum Gasteiger partial charge on any atom is 0.199 e. The van der Waals surface area contributed by atoms with Crippen molar-refractivity contribution in [1.82, 2.24) is 38.2 Å². The molecule has 0 saturated heterocycles. The van der Waals surface area contributed by atoms with Crippen LogP contribution in [0.5, 0.6) is 0 Å². The second-order valence-corrected chi connectivity index (χ2v) is 16.0. The van der Waals surface area contributed by atoms with Gasteiger partial charge in [-0.1, -0.05) is 109 Å². The van der Waals surface area contributed by atoms with Crippen LogP contribution >= 0.6 is 0 Å². The summed E-state index contributed by atoms with van der Waals surface area (Å²) in [5.41, 5.74) is 12.1. The molecule has 8 heteroatoms. The minimum atomic E-state index is 0.480. The quantitative estimate of drug-likeness (QED) is 0.178. The first kappa shape index (κ1) is 33.2. The minimum absolute atomic E-state index is 0.480. The lowest BCUT2D eigenvalue weighted by molar-refractivity contribution is 1.02. The molecule has 0 saturated carbocycles. The summed E-state index contributed by atoms with van der Waals surface area (Å²) in [5.74, 6) is 1.37. The van der Waals surface area contributed by atoms with Gasteiger partial charge in [-0.25, -0.2) is 19.9 Å². The highest BCUT2D eigenvalue weighted by Crippen LogP contribution is 2.41. The lowest BCUT2D eigenvalue weighted by Gasteiger charge is -2.10. The first-order valence-corrected chi connectivity index (χ1v) is 20.8. The second-order valence-electron chi connectivity index (χ2n) is 16.0. The minimum Gasteiger partial charge on any atom is -0.309 e. The number of fused-ring (bicyclic) bond motifs is 13. The lowest BCUT2D eigenvalue weighted by Crippen LogP contribution is -2.04. The Labute approximate surface area is 352 Å². The van der Waals surface area contributed by atoms with Crippen molar-refractivity contribution in [3.63, 3.8) is 0 Å². The van der Waals surface area contributed by atoms with Crippen LogP contribution in [0.1, 0.15) is 0 Å². The number of rotatable bonds is 4. The number of hydrogen-bond donors (Lipinski definition) is 0. The van der Waals surface area contributed by atoms with Crippen LogP contribution < -0.4 is 0 Å². The SMILES string of the molecule is c1ccc(-n2c3ccccc3c3cc4c(cc32)c2ccccc2n4-c2cnc3nc(-n4c5ccccc5c5cc6c(cc54)c4ccccc4n6-c4ccccc4)cnc3n2)cc1. The van der Waals surface area contributed by atoms with E-state index < -0.39 is 0 Å². The maximum atomic E-state index is 5.18. The van der Waals surface area contributed by atoms with Gasteiger partial charge in [0, 0.05) is 54.5 Å². The molecule has 0 aliphatic heterocycles. The van der Waals surface area contributed by atoms with E-state index in [0.717, 1.165) is 66.0 Å². The summed E-state index contributed by atoms with van der Waals surface area (Å²) in [6.45, 7) is 0. The summed E-state index contributed by atoms with van der Waals surface area (Å²) in [6.07, 6.45) is 3.66. The van der Waals surface area contributed by atoms with Gasteiger partial charge < -0.3 is 9.13 Å². The third kappa shape index (κ3) is 4.55. The van der Waals surface area contributed by atoms with Gasteiger partial charge in [0.2, 0.25) is 0 Å². The zero-order valence-corrected chi connectivity index (χ0v) is 33.1. The fraction of sp³-hybridized carbons (Fsp3) is 0. The molecule has 14 rings (SSSR count). The van der Waals surface area contributed by atoms with E-state index >= 15 is 0 Å². The van der Waals surface area contributed by atoms with Crippen LogP contribution in [-0.4, -0.2) is 38.2 Å². The van der Waals surface area contributed by atoms with Gasteiger partial charge in [0.1, 0.15) is 0 Å². The van der Waals surface area contributed by atoms with E-state index in [-0.39, 0.29) is 0 Å². The Kier molecular flexibility index (Phi) is 6.68. The molecule has 6 aromatic heterocycles. The topological polar surface area (TPSA) is 71.3 Å². The van der Waals surface area contributed by atoms with E-state index in [0.29, 0.717) is 22.9 Å². The Morgan fingerprint density at radius 1 is 0.258 bits per heavy atom. The van der Waals surface area contributed by atoms with E-state index in [1.165, 1.54) is 32.6 Å². The van der Waals surface area contributed by atoms with Crippen molar-refractivity contribution in [3.8, 4) is 23.0 Å². The van der Waals surface area contributed by atoms with Crippen molar-refractivity contribution in [1.29, 1.82) is 0 Å². The molecule has 0 aliphatic rings. The van der Waals surface area contributed by atoms with Crippen molar-refractivity contribution in [2.24, 2.45) is 0 Å². The summed E-state index contributed by atoms with van der Waals surface area (Å²) in [5, 5.41) is 9.31. The molecule has 0 radical (unpaired) electrons. The van der Waals surface area contributed by atoms with Gasteiger partial charge >= 0.3 is 0 Å². The van der Waals surface area contributed by atoms with Crippen LogP contribution in [0.2, 0.25) is 0 Å². The molecule has 0 aliphatic carbocycles. The normalized spacial score (nSPS) is 12.2. The van der Waals surface area contributed by atoms with Crippen LogP contribution in [0, 0.1) is 0 Å². The summed E-state index contributed by atoms with van der Waals surface area (Å²) < 4.78 is 9.15. The highest BCUT2D eigenvalue weighted by Gasteiger charge is 2.22. The van der Waals surface area contributed by atoms with Crippen molar-refractivity contribution in [3.05, 3.63) is 194 Å². The van der Waals surface area contributed by atoms with Gasteiger partial charge in [-0.05, 0) is 72.8 Å². The summed E-state index contributed by atoms with van der Waals surface area (Å²) in [6, 6.07) is 64.8. The molecule has 288 valence electrons. The molecular formula is C54H32N8. The number of hydrogen-bond acceptors (Lipinski definition) is 4. The van der Waals surface area contributed by atoms with Crippen LogP contribution in [0.4, 0.5) is 0 Å². The molecule has 0 N–H and O–H groups in total. The van der Waals surface area contributed by atoms with E-state index in [4.69, 9.17) is 19.9 Å². The molecular weight excluding hydrogens is 761 g/mol. The second kappa shape index (κ2) is 12.5. The molecule has 0 amide bonds. The summed E-state index contributed by atoms with van der Waals surface area (Å²) in [7, 11) is 0. The maximum absolute atomic E-state index is 5.18. The molecule has 0 bridgehead atoms. The van der Waals surface area contributed by atoms with Crippen molar-refractivity contribution in [2.75, 3.05) is 0 Å². The zero-order valence-electron chi connectivity index (χ0n) is 33.1. The predicted octanol–water partition coefficient (Wildman–Crippen LogP) is 12.8. The van der Waals surface area contributed by atoms with Gasteiger partial charge in [0.25, 0.3) is 0 Å². The van der Waals surface area contributed by atoms with Gasteiger partial charge in [-0.15, -0.1) is 0 Å². The third-order valence-electron chi connectivity index (χ3n) is 12.7. The number of aromatic nitrogens is 8. The largest absolute Gasteiger partial charge is 0.309 e. The fourth-order valence-electron chi connectivity index (χ4n) is 10.1. The predicted molar refractivity (Wildman–Crippen MR) is 252 cm³/mol. The molecule has 0 unspecified atom stereocenters. The molecule has 8 nitrogen and oxygen atoms in total. The van der Waals surface area contributed by atoms with Crippen LogP contribution in [0.15, 0.2) is 194 Å². The van der Waals surface area contributed by atoms with E-state index in [9.17, 15) is 0 Å². The average molecular weight is 793 g/mol. The van der Waals surface area contributed by atoms with Crippen molar-refractivity contribution < 1.29 is 0 Å². The molecule has 0 spiro atoms. The van der Waals surface area contributed by atoms with Crippen molar-refractivity contribution >= 4 is 98.5 Å². The average Bonchev–Trinajstić information content (AvgIpc) is 4.05. The van der Waals surface area contributed by atoms with Crippen molar-refractivity contribution in [2.45, 2.75) is 0 Å². The summed E-state index contributed by atoms with van der Waals surface area (Å²) >= 11 is 0. The van der Waals surface area contributed by atoms with E-state index in [1.807, 2.05) is 12.4 Å². The lowest BCUT2D eigenvalue weighted by atomic mass is 10.1. The number of para-hydroxylation sites is 6. The summed E-state index contributed by atoms with van der Waals surface area (Å²) in [4.78, 5) is 20.3. The van der Waals surface area contributed by atoms with Gasteiger partial charge in [0.15, 0.2) is 22.9 Å². The zero-order chi connectivity index (χ0) is 40.5. The Morgan fingerprint density at radius 2 is 0.548 bits per heavy atom. The van der Waals surface area contributed by atoms with E-state index in [2.05, 4.69) is 200 Å². The molecule has 14 aromatic rings. The van der Waals surface area contributed by atoms with Crippen LogP contribution in [0.25, 0.3) is 122 Å². The van der Waals surface area contributed by atoms with Gasteiger partial charge in [-0.2, -0.15) is 0 Å². The van der Waals surface area contributed by atoms with Gasteiger partial charge in [0.05, 0.1) is 56.5 Å². The smallest absolute Gasteiger partial charge is 0.199 e. The third-order valence-corrected chi connectivity index (χ3v) is 12.7. The Balaban J connectivity index is 0.963. The molecule has 8 aromatic carbocycles. The number of benzene rings is 8. The molecule has 6 heterocycles. The fourth-order valence-corrected chi connectivity index (χ4v) is 10.1. The monoisotopic (exact) mass is 792 g/mol. The highest BCUT2D eigenvalue weighted by atomic mass is 15.2. The van der Waals surface area contributed by atoms with Crippen LogP contribution in [0.3, 0.4) is 0 Å². The van der Waals surface area contributed by atoms with E-state index in [1.54, 1.807) is 0 Å². The van der Waals surface area contributed by atoms with Gasteiger partial charge in [-0.3, -0.25) is 9.13 Å². The Bertz CT molecular complexity index is 3880. The molecule has 62 heavy (non-hydrogen) atoms. The molecule has 0 fully saturated rings.